The van der Waals surface area contributed by atoms with Crippen LogP contribution in [0.3, 0.4) is 0 Å². The second kappa shape index (κ2) is 6.98. The third kappa shape index (κ3) is 4.02. The number of ether oxygens (including phenoxy) is 1. The minimum absolute atomic E-state index is 0.105. The summed E-state index contributed by atoms with van der Waals surface area (Å²) in [5.41, 5.74) is 8.28. The van der Waals surface area contributed by atoms with Crippen LogP contribution >= 0.6 is 0 Å². The van der Waals surface area contributed by atoms with Crippen LogP contribution in [0.25, 0.3) is 0 Å². The Hall–Kier alpha value is -1.97. The summed E-state index contributed by atoms with van der Waals surface area (Å²) < 4.78 is 5.12. The molecule has 108 valence electrons. The van der Waals surface area contributed by atoms with E-state index in [1.165, 1.54) is 31.3 Å². The maximum atomic E-state index is 12.1. The Kier molecular flexibility index (Phi) is 5.04. The molecule has 3 N–H and O–H groups in total. The number of nitrogens with two attached hydrogens (primary N) is 1. The molecule has 0 aliphatic heterocycles. The molecule has 0 saturated heterocycles. The minimum Gasteiger partial charge on any atom is -0.497 e. The molecule has 0 aromatic heterocycles. The second-order valence-electron chi connectivity index (χ2n) is 5.11. The normalized spacial score (nSPS) is 14.6. The zero-order valence-electron chi connectivity index (χ0n) is 11.9. The van der Waals surface area contributed by atoms with Gasteiger partial charge in [-0.1, -0.05) is 11.6 Å². The van der Waals surface area contributed by atoms with Crippen molar-refractivity contribution in [2.45, 2.75) is 32.1 Å². The van der Waals surface area contributed by atoms with Gasteiger partial charge in [-0.05, 0) is 44.2 Å². The van der Waals surface area contributed by atoms with Crippen molar-refractivity contribution in [1.82, 2.24) is 5.32 Å². The van der Waals surface area contributed by atoms with E-state index in [9.17, 15) is 4.79 Å². The number of carbonyl (C=O) groups is 1. The highest BCUT2D eigenvalue weighted by Crippen LogP contribution is 2.20. The Balaban J connectivity index is 1.88. The average Bonchev–Trinajstić information content (AvgIpc) is 2.47. The standard InChI is InChI=1S/C16H22N2O2/c1-20-15-10-13(9-14(17)11-15)16(19)18-8-7-12-5-3-2-4-6-12/h5,9-11H,2-4,6-8,17H2,1H3,(H,18,19). The number of rotatable bonds is 5. The Labute approximate surface area is 120 Å². The number of nitrogen functional groups attached to an aromatic ring is 1. The third-order valence-corrected chi connectivity index (χ3v) is 3.54. The summed E-state index contributed by atoms with van der Waals surface area (Å²) in [7, 11) is 1.56. The SMILES string of the molecule is COc1cc(N)cc(C(=O)NCCC2=CCCCC2)c1. The van der Waals surface area contributed by atoms with Gasteiger partial charge in [0, 0.05) is 23.9 Å². The maximum Gasteiger partial charge on any atom is 0.251 e. The number of amides is 1. The first-order chi connectivity index (χ1) is 9.69. The van der Waals surface area contributed by atoms with Crippen molar-refractivity contribution in [3.8, 4) is 5.75 Å². The molecule has 0 fully saturated rings. The van der Waals surface area contributed by atoms with Crippen molar-refractivity contribution < 1.29 is 9.53 Å². The van der Waals surface area contributed by atoms with Gasteiger partial charge in [0.05, 0.1) is 7.11 Å². The molecule has 0 unspecified atom stereocenters. The van der Waals surface area contributed by atoms with Crippen molar-refractivity contribution in [2.75, 3.05) is 19.4 Å². The summed E-state index contributed by atoms with van der Waals surface area (Å²) in [6, 6.07) is 5.06. The molecule has 0 spiro atoms. The molecule has 1 aliphatic rings. The molecule has 1 aromatic carbocycles. The van der Waals surface area contributed by atoms with Crippen LogP contribution in [0, 0.1) is 0 Å². The van der Waals surface area contributed by atoms with E-state index in [0.717, 1.165) is 6.42 Å². The molecule has 4 heteroatoms. The van der Waals surface area contributed by atoms with Crippen LogP contribution in [-0.2, 0) is 0 Å². The fraction of sp³-hybridized carbons (Fsp3) is 0.438. The molecule has 1 amide bonds. The van der Waals surface area contributed by atoms with Gasteiger partial charge in [0.25, 0.3) is 5.91 Å². The molecule has 1 aromatic rings. The van der Waals surface area contributed by atoms with Gasteiger partial charge in [0.2, 0.25) is 0 Å². The Morgan fingerprint density at radius 3 is 2.90 bits per heavy atom. The quantitative estimate of drug-likeness (QED) is 0.641. The van der Waals surface area contributed by atoms with Gasteiger partial charge in [-0.2, -0.15) is 0 Å². The summed E-state index contributed by atoms with van der Waals surface area (Å²) in [6.07, 6.45) is 8.15. The van der Waals surface area contributed by atoms with Crippen LogP contribution < -0.4 is 15.8 Å². The van der Waals surface area contributed by atoms with Crippen molar-refractivity contribution in [1.29, 1.82) is 0 Å². The summed E-state index contributed by atoms with van der Waals surface area (Å²) in [6.45, 7) is 0.668. The van der Waals surface area contributed by atoms with Gasteiger partial charge in [0.15, 0.2) is 0 Å². The van der Waals surface area contributed by atoms with Gasteiger partial charge in [-0.15, -0.1) is 0 Å². The second-order valence-corrected chi connectivity index (χ2v) is 5.11. The molecule has 0 saturated carbocycles. The summed E-state index contributed by atoms with van der Waals surface area (Å²) in [5, 5.41) is 2.93. The lowest BCUT2D eigenvalue weighted by Gasteiger charge is -2.13. The number of hydrogen-bond acceptors (Lipinski definition) is 3. The molecule has 0 bridgehead atoms. The van der Waals surface area contributed by atoms with E-state index in [1.54, 1.807) is 25.3 Å². The highest BCUT2D eigenvalue weighted by molar-refractivity contribution is 5.95. The van der Waals surface area contributed by atoms with Crippen LogP contribution in [0.15, 0.2) is 29.8 Å². The van der Waals surface area contributed by atoms with E-state index < -0.39 is 0 Å². The topological polar surface area (TPSA) is 64.3 Å². The van der Waals surface area contributed by atoms with Crippen molar-refractivity contribution in [3.05, 3.63) is 35.4 Å². The summed E-state index contributed by atoms with van der Waals surface area (Å²) >= 11 is 0. The Bertz CT molecular complexity index is 509. The minimum atomic E-state index is -0.105. The zero-order chi connectivity index (χ0) is 14.4. The molecule has 0 radical (unpaired) electrons. The molecule has 1 aliphatic carbocycles. The molecular weight excluding hydrogens is 252 g/mol. The van der Waals surface area contributed by atoms with Gasteiger partial charge in [-0.3, -0.25) is 4.79 Å². The smallest absolute Gasteiger partial charge is 0.251 e. The lowest BCUT2D eigenvalue weighted by atomic mass is 9.97. The van der Waals surface area contributed by atoms with Gasteiger partial charge < -0.3 is 15.8 Å². The monoisotopic (exact) mass is 274 g/mol. The van der Waals surface area contributed by atoms with Crippen molar-refractivity contribution >= 4 is 11.6 Å². The molecule has 20 heavy (non-hydrogen) atoms. The van der Waals surface area contributed by atoms with Gasteiger partial charge >= 0.3 is 0 Å². The number of hydrogen-bond donors (Lipinski definition) is 2. The van der Waals surface area contributed by atoms with Gasteiger partial charge in [-0.25, -0.2) is 0 Å². The van der Waals surface area contributed by atoms with E-state index in [1.807, 2.05) is 0 Å². The first-order valence-corrected chi connectivity index (χ1v) is 7.09. The number of benzene rings is 1. The third-order valence-electron chi connectivity index (χ3n) is 3.54. The van der Waals surface area contributed by atoms with Crippen LogP contribution in [-0.4, -0.2) is 19.6 Å². The first-order valence-electron chi connectivity index (χ1n) is 7.09. The van der Waals surface area contributed by atoms with Crippen LogP contribution in [0.1, 0.15) is 42.5 Å². The van der Waals surface area contributed by atoms with E-state index in [-0.39, 0.29) is 5.91 Å². The highest BCUT2D eigenvalue weighted by atomic mass is 16.5. The number of carbonyl (C=O) groups excluding carboxylic acids is 1. The largest absolute Gasteiger partial charge is 0.497 e. The zero-order valence-corrected chi connectivity index (χ0v) is 11.9. The predicted molar refractivity (Wildman–Crippen MR) is 80.9 cm³/mol. The van der Waals surface area contributed by atoms with Gasteiger partial charge in [0.1, 0.15) is 5.75 Å². The van der Waals surface area contributed by atoms with E-state index in [0.29, 0.717) is 23.5 Å². The highest BCUT2D eigenvalue weighted by Gasteiger charge is 2.09. The number of allylic oxidation sites excluding steroid dienone is 1. The Morgan fingerprint density at radius 1 is 1.35 bits per heavy atom. The summed E-state index contributed by atoms with van der Waals surface area (Å²) in [4.78, 5) is 12.1. The molecule has 4 nitrogen and oxygen atoms in total. The first kappa shape index (κ1) is 14.4. The molecule has 0 atom stereocenters. The maximum absolute atomic E-state index is 12.1. The molecular formula is C16H22N2O2. The summed E-state index contributed by atoms with van der Waals surface area (Å²) in [5.74, 6) is 0.497. The number of nitrogens with one attached hydrogen (secondary N) is 1. The van der Waals surface area contributed by atoms with E-state index >= 15 is 0 Å². The van der Waals surface area contributed by atoms with Crippen molar-refractivity contribution in [2.24, 2.45) is 0 Å². The average molecular weight is 274 g/mol. The number of methoxy groups -OCH3 is 1. The van der Waals surface area contributed by atoms with Crippen LogP contribution in [0.4, 0.5) is 5.69 Å². The lowest BCUT2D eigenvalue weighted by Crippen LogP contribution is -2.25. The number of anilines is 1. The van der Waals surface area contributed by atoms with Crippen molar-refractivity contribution in [3.63, 3.8) is 0 Å². The fourth-order valence-electron chi connectivity index (χ4n) is 2.44. The molecule has 2 rings (SSSR count). The van der Waals surface area contributed by atoms with E-state index in [2.05, 4.69) is 11.4 Å². The van der Waals surface area contributed by atoms with E-state index in [4.69, 9.17) is 10.5 Å². The van der Waals surface area contributed by atoms with Crippen LogP contribution in [0.2, 0.25) is 0 Å². The lowest BCUT2D eigenvalue weighted by molar-refractivity contribution is 0.0953. The van der Waals surface area contributed by atoms with Crippen LogP contribution in [0.5, 0.6) is 5.75 Å². The molecule has 0 heterocycles. The Morgan fingerprint density at radius 2 is 2.20 bits per heavy atom. The predicted octanol–water partition coefficient (Wildman–Crippen LogP) is 2.90. The fourth-order valence-corrected chi connectivity index (χ4v) is 2.44.